The van der Waals surface area contributed by atoms with Crippen LogP contribution in [0.2, 0.25) is 0 Å². The number of hydrogen-bond donors (Lipinski definition) is 0. The lowest BCUT2D eigenvalue weighted by molar-refractivity contribution is -0.146. The molecule has 2 heterocycles. The number of nitrogens with zero attached hydrogens (tertiary/aromatic N) is 2. The van der Waals surface area contributed by atoms with E-state index in [4.69, 9.17) is 9.47 Å². The Balaban J connectivity index is 1.59. The van der Waals surface area contributed by atoms with Crippen LogP contribution in [0.1, 0.15) is 28.5 Å². The van der Waals surface area contributed by atoms with Gasteiger partial charge in [0.1, 0.15) is 22.5 Å². The molecule has 30 heavy (non-hydrogen) atoms. The van der Waals surface area contributed by atoms with Gasteiger partial charge in [-0.2, -0.15) is 0 Å². The van der Waals surface area contributed by atoms with E-state index in [-0.39, 0.29) is 5.91 Å². The third-order valence-electron chi connectivity index (χ3n) is 5.12. The molecule has 0 N–H and O–H groups in total. The summed E-state index contributed by atoms with van der Waals surface area (Å²) in [5.74, 6) is 0.107. The monoisotopic (exact) mass is 422 g/mol. The number of methoxy groups -OCH3 is 1. The number of amides is 1. The Labute approximate surface area is 179 Å². The molecule has 1 aliphatic rings. The number of fused-ring (bicyclic) bond motifs is 1. The summed E-state index contributed by atoms with van der Waals surface area (Å²) in [6.07, 6.45) is 0.435. The second-order valence-corrected chi connectivity index (χ2v) is 7.80. The predicted octanol–water partition coefficient (Wildman–Crippen LogP) is 3.95. The highest BCUT2D eigenvalue weighted by Crippen LogP contribution is 2.29. The molecule has 4 rings (SSSR count). The fourth-order valence-corrected chi connectivity index (χ4v) is 4.40. The van der Waals surface area contributed by atoms with Gasteiger partial charge in [-0.3, -0.25) is 4.79 Å². The molecule has 1 amide bonds. The molecule has 7 heteroatoms. The molecule has 0 bridgehead atoms. The number of carbonyl (C=O) groups is 2. The maximum Gasteiger partial charge on any atom is 0.328 e. The number of aromatic nitrogens is 1. The van der Waals surface area contributed by atoms with Crippen LogP contribution in [0.25, 0.3) is 10.6 Å². The Morgan fingerprint density at radius 2 is 1.87 bits per heavy atom. The highest BCUT2D eigenvalue weighted by molar-refractivity contribution is 7.13. The van der Waals surface area contributed by atoms with E-state index in [2.05, 4.69) is 4.98 Å². The SMILES string of the molecule is CCOc1ccc(-c2nc(C(=O)N3Cc4ccccc4CC3C(=O)OC)cs2)cc1. The first-order valence-corrected chi connectivity index (χ1v) is 10.6. The van der Waals surface area contributed by atoms with Gasteiger partial charge in [-0.15, -0.1) is 11.3 Å². The van der Waals surface area contributed by atoms with Gasteiger partial charge in [0.15, 0.2) is 0 Å². The van der Waals surface area contributed by atoms with Gasteiger partial charge in [0.25, 0.3) is 5.91 Å². The molecule has 6 nitrogen and oxygen atoms in total. The summed E-state index contributed by atoms with van der Waals surface area (Å²) in [6, 6.07) is 14.8. The van der Waals surface area contributed by atoms with Crippen LogP contribution in [-0.2, 0) is 22.5 Å². The van der Waals surface area contributed by atoms with E-state index in [9.17, 15) is 9.59 Å². The van der Waals surface area contributed by atoms with Crippen molar-refractivity contribution >= 4 is 23.2 Å². The van der Waals surface area contributed by atoms with Crippen LogP contribution in [0.4, 0.5) is 0 Å². The third-order valence-corrected chi connectivity index (χ3v) is 6.01. The lowest BCUT2D eigenvalue weighted by Crippen LogP contribution is -2.49. The number of hydrogen-bond acceptors (Lipinski definition) is 6. The molecule has 0 radical (unpaired) electrons. The number of rotatable bonds is 5. The van der Waals surface area contributed by atoms with Crippen LogP contribution in [0.15, 0.2) is 53.9 Å². The largest absolute Gasteiger partial charge is 0.494 e. The van der Waals surface area contributed by atoms with Gasteiger partial charge in [-0.1, -0.05) is 24.3 Å². The number of thiazole rings is 1. The number of carbonyl (C=O) groups excluding carboxylic acids is 2. The van der Waals surface area contributed by atoms with Crippen molar-refractivity contribution in [2.75, 3.05) is 13.7 Å². The van der Waals surface area contributed by atoms with Crippen LogP contribution < -0.4 is 4.74 Å². The molecule has 0 saturated carbocycles. The second-order valence-electron chi connectivity index (χ2n) is 6.94. The lowest BCUT2D eigenvalue weighted by atomic mass is 9.93. The first-order valence-electron chi connectivity index (χ1n) is 9.75. The second kappa shape index (κ2) is 8.67. The minimum atomic E-state index is -0.659. The van der Waals surface area contributed by atoms with E-state index in [1.54, 1.807) is 10.3 Å². The van der Waals surface area contributed by atoms with Crippen LogP contribution >= 0.6 is 11.3 Å². The van der Waals surface area contributed by atoms with Crippen molar-refractivity contribution in [1.82, 2.24) is 9.88 Å². The van der Waals surface area contributed by atoms with Gasteiger partial charge in [-0.25, -0.2) is 9.78 Å². The Morgan fingerprint density at radius 1 is 1.13 bits per heavy atom. The van der Waals surface area contributed by atoms with Crippen LogP contribution in [0.5, 0.6) is 5.75 Å². The van der Waals surface area contributed by atoms with Crippen molar-refractivity contribution in [3.63, 3.8) is 0 Å². The molecule has 0 fully saturated rings. The van der Waals surface area contributed by atoms with E-state index in [1.807, 2.05) is 55.5 Å². The fraction of sp³-hybridized carbons (Fsp3) is 0.261. The topological polar surface area (TPSA) is 68.7 Å². The minimum absolute atomic E-state index is 0.270. The molecule has 0 saturated heterocycles. The zero-order valence-corrected chi connectivity index (χ0v) is 17.6. The van der Waals surface area contributed by atoms with Crippen molar-refractivity contribution in [2.24, 2.45) is 0 Å². The molecule has 0 spiro atoms. The standard InChI is InChI=1S/C23H22N2O4S/c1-3-29-18-10-8-15(9-11-18)21-24-19(14-30-21)22(26)25-13-17-7-5-4-6-16(17)12-20(25)23(27)28-2/h4-11,14,20H,3,12-13H2,1-2H3. The number of esters is 1. The van der Waals surface area contributed by atoms with Crippen molar-refractivity contribution < 1.29 is 19.1 Å². The normalized spacial score (nSPS) is 15.4. The molecular formula is C23H22N2O4S. The van der Waals surface area contributed by atoms with E-state index in [0.717, 1.165) is 27.4 Å². The van der Waals surface area contributed by atoms with Crippen LogP contribution in [0.3, 0.4) is 0 Å². The van der Waals surface area contributed by atoms with Gasteiger partial charge >= 0.3 is 5.97 Å². The average Bonchev–Trinajstić information content (AvgIpc) is 3.28. The van der Waals surface area contributed by atoms with E-state index >= 15 is 0 Å². The van der Waals surface area contributed by atoms with E-state index in [0.29, 0.717) is 25.3 Å². The lowest BCUT2D eigenvalue weighted by Gasteiger charge is -2.34. The molecule has 1 unspecified atom stereocenters. The molecule has 1 aromatic heterocycles. The van der Waals surface area contributed by atoms with Crippen molar-refractivity contribution in [1.29, 1.82) is 0 Å². The maximum atomic E-state index is 13.3. The summed E-state index contributed by atoms with van der Waals surface area (Å²) in [5, 5.41) is 2.48. The zero-order chi connectivity index (χ0) is 21.1. The smallest absolute Gasteiger partial charge is 0.328 e. The van der Waals surface area contributed by atoms with Gasteiger partial charge in [0, 0.05) is 23.9 Å². The number of benzene rings is 2. The first kappa shape index (κ1) is 20.1. The van der Waals surface area contributed by atoms with E-state index < -0.39 is 12.0 Å². The van der Waals surface area contributed by atoms with Crippen molar-refractivity contribution in [3.05, 3.63) is 70.7 Å². The molecular weight excluding hydrogens is 400 g/mol. The number of ether oxygens (including phenoxy) is 2. The third kappa shape index (κ3) is 3.93. The highest BCUT2D eigenvalue weighted by atomic mass is 32.1. The Morgan fingerprint density at radius 3 is 2.57 bits per heavy atom. The van der Waals surface area contributed by atoms with Crippen molar-refractivity contribution in [2.45, 2.75) is 25.9 Å². The molecule has 2 aromatic carbocycles. The Kier molecular flexibility index (Phi) is 5.81. The summed E-state index contributed by atoms with van der Waals surface area (Å²) in [4.78, 5) is 31.8. The summed E-state index contributed by atoms with van der Waals surface area (Å²) < 4.78 is 10.4. The summed E-state index contributed by atoms with van der Waals surface area (Å²) in [7, 11) is 1.35. The Hall–Kier alpha value is -3.19. The quantitative estimate of drug-likeness (QED) is 0.583. The predicted molar refractivity (Wildman–Crippen MR) is 115 cm³/mol. The van der Waals surface area contributed by atoms with Gasteiger partial charge in [0.05, 0.1) is 13.7 Å². The Bertz CT molecular complexity index is 1060. The molecule has 1 atom stereocenters. The zero-order valence-electron chi connectivity index (χ0n) is 16.8. The molecule has 154 valence electrons. The molecule has 1 aliphatic heterocycles. The summed E-state index contributed by atoms with van der Waals surface area (Å²) in [6.45, 7) is 2.90. The van der Waals surface area contributed by atoms with E-state index in [1.165, 1.54) is 18.4 Å². The van der Waals surface area contributed by atoms with Crippen LogP contribution in [-0.4, -0.2) is 41.5 Å². The van der Waals surface area contributed by atoms with Gasteiger partial charge in [0.2, 0.25) is 0 Å². The molecule has 0 aliphatic carbocycles. The fourth-order valence-electron chi connectivity index (χ4n) is 3.60. The molecule has 3 aromatic rings. The van der Waals surface area contributed by atoms with Crippen LogP contribution in [0, 0.1) is 0 Å². The van der Waals surface area contributed by atoms with Gasteiger partial charge < -0.3 is 14.4 Å². The highest BCUT2D eigenvalue weighted by Gasteiger charge is 2.36. The van der Waals surface area contributed by atoms with Crippen molar-refractivity contribution in [3.8, 4) is 16.3 Å². The summed E-state index contributed by atoms with van der Waals surface area (Å²) in [5.41, 5.74) is 3.34. The minimum Gasteiger partial charge on any atom is -0.494 e. The average molecular weight is 423 g/mol. The van der Waals surface area contributed by atoms with Gasteiger partial charge in [-0.05, 0) is 42.3 Å². The maximum absolute atomic E-state index is 13.3. The summed E-state index contributed by atoms with van der Waals surface area (Å²) >= 11 is 1.40. The first-order chi connectivity index (χ1) is 14.6.